The Balaban J connectivity index is 1.64. The minimum Gasteiger partial charge on any atom is -0.367 e. The summed E-state index contributed by atoms with van der Waals surface area (Å²) in [6.45, 7) is 4.20. The molecule has 2 unspecified atom stereocenters. The first-order valence-electron chi connectivity index (χ1n) is 8.65. The molecular weight excluding hydrogens is 310 g/mol. The lowest BCUT2D eigenvalue weighted by molar-refractivity contribution is 0.408. The van der Waals surface area contributed by atoms with Crippen molar-refractivity contribution in [3.05, 3.63) is 30.3 Å². The summed E-state index contributed by atoms with van der Waals surface area (Å²) in [5.41, 5.74) is 1.16. The van der Waals surface area contributed by atoms with Gasteiger partial charge in [0.05, 0.1) is 0 Å². The van der Waals surface area contributed by atoms with Gasteiger partial charge in [-0.25, -0.2) is 0 Å². The van der Waals surface area contributed by atoms with Gasteiger partial charge < -0.3 is 4.90 Å². The van der Waals surface area contributed by atoms with Gasteiger partial charge in [0.1, 0.15) is 0 Å². The van der Waals surface area contributed by atoms with Crippen molar-refractivity contribution >= 4 is 15.9 Å². The van der Waals surface area contributed by atoms with E-state index in [1.807, 2.05) is 18.2 Å². The number of nitrogens with one attached hydrogen (secondary N) is 1. The lowest BCUT2D eigenvalue weighted by Crippen LogP contribution is -2.46. The van der Waals surface area contributed by atoms with E-state index in [1.54, 1.807) is 4.31 Å². The fourth-order valence-electron chi connectivity index (χ4n) is 3.66. The molecule has 0 amide bonds. The molecular formula is C17H27N3O2S. The van der Waals surface area contributed by atoms with Crippen LogP contribution in [0.3, 0.4) is 0 Å². The molecule has 0 spiro atoms. The Kier molecular flexibility index (Phi) is 5.24. The molecule has 23 heavy (non-hydrogen) atoms. The molecule has 2 fully saturated rings. The van der Waals surface area contributed by atoms with Gasteiger partial charge in [-0.3, -0.25) is 0 Å². The minimum absolute atomic E-state index is 0.0153. The van der Waals surface area contributed by atoms with E-state index in [1.165, 1.54) is 0 Å². The first kappa shape index (κ1) is 16.7. The van der Waals surface area contributed by atoms with E-state index in [0.29, 0.717) is 19.1 Å². The summed E-state index contributed by atoms with van der Waals surface area (Å²) in [6, 6.07) is 10.6. The Morgan fingerprint density at radius 2 is 1.70 bits per heavy atom. The lowest BCUT2D eigenvalue weighted by Gasteiger charge is -2.24. The van der Waals surface area contributed by atoms with Gasteiger partial charge in [-0.15, -0.1) is 0 Å². The molecule has 2 atom stereocenters. The van der Waals surface area contributed by atoms with Crippen molar-refractivity contribution < 1.29 is 8.42 Å². The van der Waals surface area contributed by atoms with Gasteiger partial charge in [0, 0.05) is 37.4 Å². The summed E-state index contributed by atoms with van der Waals surface area (Å²) in [5.74, 6) is 0. The van der Waals surface area contributed by atoms with Crippen LogP contribution < -0.4 is 9.62 Å². The summed E-state index contributed by atoms with van der Waals surface area (Å²) in [7, 11) is -3.36. The van der Waals surface area contributed by atoms with Gasteiger partial charge in [0.15, 0.2) is 0 Å². The van der Waals surface area contributed by atoms with Gasteiger partial charge in [0.2, 0.25) is 0 Å². The van der Waals surface area contributed by atoms with E-state index in [-0.39, 0.29) is 6.04 Å². The summed E-state index contributed by atoms with van der Waals surface area (Å²) in [4.78, 5) is 2.29. The van der Waals surface area contributed by atoms with Crippen LogP contribution in [0.25, 0.3) is 0 Å². The SMILES string of the molecule is CC1CC(NS(=O)(=O)N2CCCCCC2)CN1c1ccccc1. The fraction of sp³-hybridized carbons (Fsp3) is 0.647. The molecule has 1 aromatic carbocycles. The molecule has 2 aliphatic heterocycles. The molecule has 2 saturated heterocycles. The van der Waals surface area contributed by atoms with E-state index in [0.717, 1.165) is 44.3 Å². The Labute approximate surface area is 139 Å². The highest BCUT2D eigenvalue weighted by atomic mass is 32.2. The van der Waals surface area contributed by atoms with Crippen molar-refractivity contribution in [3.63, 3.8) is 0 Å². The normalized spacial score (nSPS) is 27.1. The van der Waals surface area contributed by atoms with Crippen molar-refractivity contribution in [3.8, 4) is 0 Å². The molecule has 0 radical (unpaired) electrons. The van der Waals surface area contributed by atoms with Crippen LogP contribution >= 0.6 is 0 Å². The van der Waals surface area contributed by atoms with E-state index < -0.39 is 10.2 Å². The predicted molar refractivity (Wildman–Crippen MR) is 93.8 cm³/mol. The van der Waals surface area contributed by atoms with E-state index >= 15 is 0 Å². The third-order valence-electron chi connectivity index (χ3n) is 4.88. The first-order chi connectivity index (χ1) is 11.1. The molecule has 0 aliphatic carbocycles. The molecule has 2 aliphatic rings. The van der Waals surface area contributed by atoms with Crippen LogP contribution in [0.2, 0.25) is 0 Å². The van der Waals surface area contributed by atoms with Gasteiger partial charge in [-0.1, -0.05) is 31.0 Å². The number of hydrogen-bond donors (Lipinski definition) is 1. The van der Waals surface area contributed by atoms with Crippen molar-refractivity contribution in [2.45, 2.75) is 51.1 Å². The number of para-hydroxylation sites is 1. The monoisotopic (exact) mass is 337 g/mol. The maximum absolute atomic E-state index is 12.6. The maximum Gasteiger partial charge on any atom is 0.279 e. The van der Waals surface area contributed by atoms with E-state index in [9.17, 15) is 8.42 Å². The van der Waals surface area contributed by atoms with E-state index in [2.05, 4.69) is 28.7 Å². The number of rotatable bonds is 4. The zero-order chi connectivity index (χ0) is 16.3. The maximum atomic E-state index is 12.6. The zero-order valence-corrected chi connectivity index (χ0v) is 14.6. The topological polar surface area (TPSA) is 52.7 Å². The van der Waals surface area contributed by atoms with Gasteiger partial charge in [0.25, 0.3) is 10.2 Å². The van der Waals surface area contributed by atoms with Gasteiger partial charge in [-0.05, 0) is 38.3 Å². The third-order valence-corrected chi connectivity index (χ3v) is 6.56. The van der Waals surface area contributed by atoms with Crippen LogP contribution in [0.15, 0.2) is 30.3 Å². The highest BCUT2D eigenvalue weighted by Gasteiger charge is 2.33. The lowest BCUT2D eigenvalue weighted by atomic mass is 10.2. The molecule has 0 saturated carbocycles. The average molecular weight is 337 g/mol. The van der Waals surface area contributed by atoms with Crippen LogP contribution in [0.4, 0.5) is 5.69 Å². The third kappa shape index (κ3) is 4.05. The Morgan fingerprint density at radius 1 is 1.04 bits per heavy atom. The highest BCUT2D eigenvalue weighted by molar-refractivity contribution is 7.87. The van der Waals surface area contributed by atoms with Crippen molar-refractivity contribution in [1.82, 2.24) is 9.03 Å². The first-order valence-corrected chi connectivity index (χ1v) is 10.1. The summed E-state index contributed by atoms with van der Waals surface area (Å²) < 4.78 is 29.9. The molecule has 0 bridgehead atoms. The molecule has 1 aromatic rings. The molecule has 0 aromatic heterocycles. The summed E-state index contributed by atoms with van der Waals surface area (Å²) >= 11 is 0. The van der Waals surface area contributed by atoms with Crippen molar-refractivity contribution in [1.29, 1.82) is 0 Å². The van der Waals surface area contributed by atoms with Crippen LogP contribution in [0.1, 0.15) is 39.0 Å². The molecule has 2 heterocycles. The second-order valence-corrected chi connectivity index (χ2v) is 8.41. The molecule has 1 N–H and O–H groups in total. The largest absolute Gasteiger partial charge is 0.367 e. The number of anilines is 1. The van der Waals surface area contributed by atoms with Crippen molar-refractivity contribution in [2.75, 3.05) is 24.5 Å². The summed E-state index contributed by atoms with van der Waals surface area (Å²) in [6.07, 6.45) is 5.06. The quantitative estimate of drug-likeness (QED) is 0.918. The second kappa shape index (κ2) is 7.20. The van der Waals surface area contributed by atoms with Crippen LogP contribution in [-0.2, 0) is 10.2 Å². The Hall–Kier alpha value is -1.11. The minimum atomic E-state index is -3.36. The van der Waals surface area contributed by atoms with Crippen LogP contribution in [0, 0.1) is 0 Å². The van der Waals surface area contributed by atoms with Crippen LogP contribution in [0.5, 0.6) is 0 Å². The highest BCUT2D eigenvalue weighted by Crippen LogP contribution is 2.26. The fourth-order valence-corrected chi connectivity index (χ4v) is 5.14. The Morgan fingerprint density at radius 3 is 2.35 bits per heavy atom. The zero-order valence-electron chi connectivity index (χ0n) is 13.8. The van der Waals surface area contributed by atoms with E-state index in [4.69, 9.17) is 0 Å². The Bertz CT molecular complexity index is 598. The molecule has 5 nitrogen and oxygen atoms in total. The van der Waals surface area contributed by atoms with Crippen LogP contribution in [-0.4, -0.2) is 44.4 Å². The smallest absolute Gasteiger partial charge is 0.279 e. The van der Waals surface area contributed by atoms with Crippen molar-refractivity contribution in [2.24, 2.45) is 0 Å². The number of nitrogens with zero attached hydrogens (tertiary/aromatic N) is 2. The predicted octanol–water partition coefficient (Wildman–Crippen LogP) is 2.36. The number of benzene rings is 1. The molecule has 128 valence electrons. The number of hydrogen-bond acceptors (Lipinski definition) is 3. The second-order valence-electron chi connectivity index (χ2n) is 6.71. The standard InChI is InChI=1S/C17H27N3O2S/c1-15-13-16(14-20(15)17-9-5-4-6-10-17)18-23(21,22)19-11-7-2-3-8-12-19/h4-6,9-10,15-16,18H,2-3,7-8,11-14H2,1H3. The molecule has 6 heteroatoms. The van der Waals surface area contributed by atoms with Gasteiger partial charge in [-0.2, -0.15) is 17.4 Å². The molecule has 3 rings (SSSR count). The summed E-state index contributed by atoms with van der Waals surface area (Å²) in [5, 5.41) is 0. The average Bonchev–Trinajstić information content (AvgIpc) is 2.75. The van der Waals surface area contributed by atoms with Gasteiger partial charge >= 0.3 is 0 Å².